The molecule has 0 aliphatic rings. The second-order valence-corrected chi connectivity index (χ2v) is 4.22. The van der Waals surface area contributed by atoms with Crippen LogP contribution in [-0.2, 0) is 0 Å². The molecular weight excluding hydrogens is 242 g/mol. The number of pyridine rings is 1. The molecule has 0 unspecified atom stereocenters. The standard InChI is InChI=1S/C15H13NO3/c1-10-6-7-11(2)14(8-10)19-15(18)13-5-3-4-12(9-17)16-13/h3-9H,1-2H3. The quantitative estimate of drug-likeness (QED) is 0.480. The van der Waals surface area contributed by atoms with E-state index in [0.29, 0.717) is 12.0 Å². The lowest BCUT2D eigenvalue weighted by Crippen LogP contribution is -2.12. The minimum atomic E-state index is -0.572. The Morgan fingerprint density at radius 3 is 2.74 bits per heavy atom. The van der Waals surface area contributed by atoms with Gasteiger partial charge in [0.2, 0.25) is 0 Å². The van der Waals surface area contributed by atoms with E-state index in [1.54, 1.807) is 12.1 Å². The number of benzene rings is 1. The van der Waals surface area contributed by atoms with E-state index in [1.165, 1.54) is 12.1 Å². The third-order valence-electron chi connectivity index (χ3n) is 2.65. The van der Waals surface area contributed by atoms with Crippen LogP contribution in [0.4, 0.5) is 0 Å². The molecule has 0 saturated carbocycles. The molecule has 0 amide bonds. The minimum absolute atomic E-state index is 0.116. The molecule has 1 aromatic heterocycles. The molecule has 0 bridgehead atoms. The zero-order valence-electron chi connectivity index (χ0n) is 10.7. The van der Waals surface area contributed by atoms with Gasteiger partial charge in [-0.25, -0.2) is 9.78 Å². The van der Waals surface area contributed by atoms with Crippen LogP contribution < -0.4 is 4.74 Å². The molecule has 2 aromatic rings. The maximum Gasteiger partial charge on any atom is 0.362 e. The van der Waals surface area contributed by atoms with Gasteiger partial charge in [-0.15, -0.1) is 0 Å². The number of ether oxygens (including phenoxy) is 1. The van der Waals surface area contributed by atoms with Crippen molar-refractivity contribution in [3.63, 3.8) is 0 Å². The van der Waals surface area contributed by atoms with Gasteiger partial charge in [0.25, 0.3) is 0 Å². The molecule has 2 rings (SSSR count). The predicted octanol–water partition coefficient (Wildman–Crippen LogP) is 2.73. The zero-order valence-corrected chi connectivity index (χ0v) is 10.7. The number of hydrogen-bond donors (Lipinski definition) is 0. The molecule has 19 heavy (non-hydrogen) atoms. The smallest absolute Gasteiger partial charge is 0.362 e. The van der Waals surface area contributed by atoms with Crippen LogP contribution in [0.3, 0.4) is 0 Å². The van der Waals surface area contributed by atoms with Gasteiger partial charge in [0.15, 0.2) is 6.29 Å². The lowest BCUT2D eigenvalue weighted by molar-refractivity contribution is 0.0727. The first kappa shape index (κ1) is 13.0. The number of rotatable bonds is 3. The van der Waals surface area contributed by atoms with Gasteiger partial charge in [-0.3, -0.25) is 4.79 Å². The molecule has 0 aliphatic carbocycles. The predicted molar refractivity (Wildman–Crippen MR) is 70.5 cm³/mol. The second-order valence-electron chi connectivity index (χ2n) is 4.22. The van der Waals surface area contributed by atoms with Crippen LogP contribution in [0.1, 0.15) is 32.1 Å². The second kappa shape index (κ2) is 5.44. The molecule has 96 valence electrons. The summed E-state index contributed by atoms with van der Waals surface area (Å²) in [6, 6.07) is 10.3. The van der Waals surface area contributed by atoms with Gasteiger partial charge in [0, 0.05) is 0 Å². The van der Waals surface area contributed by atoms with Crippen LogP contribution >= 0.6 is 0 Å². The Labute approximate surface area is 111 Å². The first-order valence-electron chi connectivity index (χ1n) is 5.82. The summed E-state index contributed by atoms with van der Waals surface area (Å²) in [4.78, 5) is 26.5. The van der Waals surface area contributed by atoms with Crippen molar-refractivity contribution in [1.82, 2.24) is 4.98 Å². The molecule has 0 saturated heterocycles. The summed E-state index contributed by atoms with van der Waals surface area (Å²) in [6.45, 7) is 3.78. The van der Waals surface area contributed by atoms with Crippen molar-refractivity contribution in [3.8, 4) is 5.75 Å². The van der Waals surface area contributed by atoms with Crippen molar-refractivity contribution in [1.29, 1.82) is 0 Å². The Balaban J connectivity index is 2.25. The van der Waals surface area contributed by atoms with Crippen LogP contribution in [0, 0.1) is 13.8 Å². The summed E-state index contributed by atoms with van der Waals surface area (Å²) in [6.07, 6.45) is 0.592. The van der Waals surface area contributed by atoms with E-state index < -0.39 is 5.97 Å². The number of aldehydes is 1. The van der Waals surface area contributed by atoms with Crippen LogP contribution in [0.2, 0.25) is 0 Å². The Kier molecular flexibility index (Phi) is 3.71. The molecule has 0 N–H and O–H groups in total. The summed E-state index contributed by atoms with van der Waals surface area (Å²) in [5.74, 6) is -0.0688. The van der Waals surface area contributed by atoms with E-state index in [2.05, 4.69) is 4.98 Å². The molecular formula is C15H13NO3. The number of esters is 1. The number of hydrogen-bond acceptors (Lipinski definition) is 4. The fraction of sp³-hybridized carbons (Fsp3) is 0.133. The Hall–Kier alpha value is -2.49. The molecule has 0 fully saturated rings. The van der Waals surface area contributed by atoms with Crippen LogP contribution in [0.25, 0.3) is 0 Å². The molecule has 0 spiro atoms. The van der Waals surface area contributed by atoms with Gasteiger partial charge in [0.1, 0.15) is 17.1 Å². The first-order chi connectivity index (χ1) is 9.10. The van der Waals surface area contributed by atoms with Crippen LogP contribution in [0.5, 0.6) is 5.75 Å². The zero-order chi connectivity index (χ0) is 13.8. The van der Waals surface area contributed by atoms with Crippen molar-refractivity contribution in [2.45, 2.75) is 13.8 Å². The summed E-state index contributed by atoms with van der Waals surface area (Å²) >= 11 is 0. The van der Waals surface area contributed by atoms with Gasteiger partial charge < -0.3 is 4.74 Å². The highest BCUT2D eigenvalue weighted by Gasteiger charge is 2.12. The lowest BCUT2D eigenvalue weighted by atomic mass is 10.1. The van der Waals surface area contributed by atoms with Gasteiger partial charge in [-0.05, 0) is 43.2 Å². The molecule has 1 heterocycles. The highest BCUT2D eigenvalue weighted by atomic mass is 16.5. The molecule has 0 aliphatic heterocycles. The van der Waals surface area contributed by atoms with Crippen molar-refractivity contribution >= 4 is 12.3 Å². The monoisotopic (exact) mass is 255 g/mol. The summed E-state index contributed by atoms with van der Waals surface area (Å²) in [7, 11) is 0. The molecule has 1 aromatic carbocycles. The number of carbonyl (C=O) groups is 2. The van der Waals surface area contributed by atoms with E-state index in [0.717, 1.165) is 11.1 Å². The van der Waals surface area contributed by atoms with E-state index in [1.807, 2.05) is 26.0 Å². The lowest BCUT2D eigenvalue weighted by Gasteiger charge is -2.07. The van der Waals surface area contributed by atoms with Crippen molar-refractivity contribution in [2.75, 3.05) is 0 Å². The van der Waals surface area contributed by atoms with Gasteiger partial charge in [-0.1, -0.05) is 18.2 Å². The maximum atomic E-state index is 11.9. The third kappa shape index (κ3) is 3.04. The molecule has 0 atom stereocenters. The minimum Gasteiger partial charge on any atom is -0.422 e. The topological polar surface area (TPSA) is 56.3 Å². The number of carbonyl (C=O) groups excluding carboxylic acids is 2. The van der Waals surface area contributed by atoms with Crippen molar-refractivity contribution < 1.29 is 14.3 Å². The highest BCUT2D eigenvalue weighted by molar-refractivity contribution is 5.90. The highest BCUT2D eigenvalue weighted by Crippen LogP contribution is 2.20. The largest absolute Gasteiger partial charge is 0.422 e. The Bertz CT molecular complexity index is 635. The molecule has 0 radical (unpaired) electrons. The number of aromatic nitrogens is 1. The van der Waals surface area contributed by atoms with Gasteiger partial charge in [0.05, 0.1) is 0 Å². The average Bonchev–Trinajstić information content (AvgIpc) is 2.43. The first-order valence-corrected chi connectivity index (χ1v) is 5.82. The van der Waals surface area contributed by atoms with Crippen LogP contribution in [0.15, 0.2) is 36.4 Å². The van der Waals surface area contributed by atoms with Crippen LogP contribution in [-0.4, -0.2) is 17.2 Å². The van der Waals surface area contributed by atoms with Crippen molar-refractivity contribution in [3.05, 3.63) is 58.9 Å². The Morgan fingerprint density at radius 1 is 1.21 bits per heavy atom. The molecule has 4 heteroatoms. The van der Waals surface area contributed by atoms with Gasteiger partial charge >= 0.3 is 5.97 Å². The van der Waals surface area contributed by atoms with E-state index >= 15 is 0 Å². The summed E-state index contributed by atoms with van der Waals surface area (Å²) in [5, 5.41) is 0. The summed E-state index contributed by atoms with van der Waals surface area (Å²) < 4.78 is 5.29. The SMILES string of the molecule is Cc1ccc(C)c(OC(=O)c2cccc(C=O)n2)c1. The third-order valence-corrected chi connectivity index (χ3v) is 2.65. The van der Waals surface area contributed by atoms with E-state index in [9.17, 15) is 9.59 Å². The van der Waals surface area contributed by atoms with Gasteiger partial charge in [-0.2, -0.15) is 0 Å². The van der Waals surface area contributed by atoms with E-state index in [4.69, 9.17) is 4.74 Å². The normalized spacial score (nSPS) is 10.0. The maximum absolute atomic E-state index is 11.9. The number of aryl methyl sites for hydroxylation is 2. The average molecular weight is 255 g/mol. The number of nitrogens with zero attached hydrogens (tertiary/aromatic N) is 1. The summed E-state index contributed by atoms with van der Waals surface area (Å²) in [5.41, 5.74) is 2.19. The van der Waals surface area contributed by atoms with E-state index in [-0.39, 0.29) is 11.4 Å². The van der Waals surface area contributed by atoms with Crippen molar-refractivity contribution in [2.24, 2.45) is 0 Å². The Morgan fingerprint density at radius 2 is 2.00 bits per heavy atom. The fourth-order valence-corrected chi connectivity index (χ4v) is 1.60. The molecule has 4 nitrogen and oxygen atoms in total. The fourth-order valence-electron chi connectivity index (χ4n) is 1.60.